The van der Waals surface area contributed by atoms with Gasteiger partial charge in [0, 0.05) is 29.4 Å². The van der Waals surface area contributed by atoms with Crippen LogP contribution in [0.5, 0.6) is 5.75 Å². The van der Waals surface area contributed by atoms with Gasteiger partial charge in [-0.15, -0.1) is 0 Å². The van der Waals surface area contributed by atoms with Crippen LogP contribution >= 0.6 is 0 Å². The summed E-state index contributed by atoms with van der Waals surface area (Å²) in [5, 5.41) is 15.1. The van der Waals surface area contributed by atoms with Crippen molar-refractivity contribution in [2.24, 2.45) is 5.92 Å². The number of phenolic OH excluding ortho intramolecular Hbond substituents is 1. The molecule has 1 fully saturated rings. The van der Waals surface area contributed by atoms with Crippen molar-refractivity contribution in [3.63, 3.8) is 0 Å². The van der Waals surface area contributed by atoms with Crippen molar-refractivity contribution in [2.45, 2.75) is 44.9 Å². The first-order valence-electron chi connectivity index (χ1n) is 9.60. The Morgan fingerprint density at radius 1 is 0.926 bits per heavy atom. The third-order valence-electron chi connectivity index (χ3n) is 5.04. The average molecular weight is 366 g/mol. The fourth-order valence-corrected chi connectivity index (χ4v) is 3.53. The van der Waals surface area contributed by atoms with Crippen LogP contribution in [0.2, 0.25) is 0 Å². The van der Waals surface area contributed by atoms with Crippen LogP contribution in [0.3, 0.4) is 0 Å². The molecule has 1 aliphatic rings. The number of hydrogen-bond acceptors (Lipinski definition) is 3. The summed E-state index contributed by atoms with van der Waals surface area (Å²) in [4.78, 5) is 24.4. The smallest absolute Gasteiger partial charge is 0.255 e. The van der Waals surface area contributed by atoms with Gasteiger partial charge in [0.05, 0.1) is 0 Å². The molecule has 0 aliphatic heterocycles. The lowest BCUT2D eigenvalue weighted by Crippen LogP contribution is -2.15. The molecule has 0 bridgehead atoms. The Hall–Kier alpha value is -2.82. The van der Waals surface area contributed by atoms with Crippen LogP contribution in [0.15, 0.2) is 48.5 Å². The van der Waals surface area contributed by atoms with Crippen molar-refractivity contribution < 1.29 is 14.7 Å². The maximum absolute atomic E-state index is 12.3. The van der Waals surface area contributed by atoms with E-state index in [1.54, 1.807) is 42.5 Å². The third-order valence-corrected chi connectivity index (χ3v) is 5.04. The first-order chi connectivity index (χ1) is 13.1. The first-order valence-corrected chi connectivity index (χ1v) is 9.60. The van der Waals surface area contributed by atoms with Gasteiger partial charge in [0.25, 0.3) is 5.91 Å². The average Bonchev–Trinajstić information content (AvgIpc) is 2.68. The van der Waals surface area contributed by atoms with Crippen LogP contribution in [0.1, 0.15) is 55.3 Å². The fourth-order valence-electron chi connectivity index (χ4n) is 3.53. The van der Waals surface area contributed by atoms with Crippen molar-refractivity contribution in [2.75, 3.05) is 10.6 Å². The lowest BCUT2D eigenvalue weighted by molar-refractivity contribution is -0.116. The topological polar surface area (TPSA) is 78.4 Å². The van der Waals surface area contributed by atoms with E-state index < -0.39 is 0 Å². The Morgan fingerprint density at radius 2 is 1.67 bits per heavy atom. The standard InChI is InChI=1S/C22H26N2O3/c25-20-8-4-7-19(15-20)24-22(27)17-10-12-18(13-11-17)23-21(26)14-9-16-5-2-1-3-6-16/h4,7-8,10-13,15-16,25H,1-3,5-6,9,14H2,(H,23,26)(H,24,27). The quantitative estimate of drug-likeness (QED) is 0.677. The van der Waals surface area contributed by atoms with E-state index in [1.165, 1.54) is 38.2 Å². The zero-order chi connectivity index (χ0) is 19.1. The van der Waals surface area contributed by atoms with E-state index in [4.69, 9.17) is 0 Å². The maximum Gasteiger partial charge on any atom is 0.255 e. The highest BCUT2D eigenvalue weighted by Crippen LogP contribution is 2.27. The van der Waals surface area contributed by atoms with Crippen LogP contribution in [0.25, 0.3) is 0 Å². The number of carbonyl (C=O) groups is 2. The molecule has 3 rings (SSSR count). The van der Waals surface area contributed by atoms with Gasteiger partial charge < -0.3 is 15.7 Å². The number of nitrogens with one attached hydrogen (secondary N) is 2. The molecule has 1 saturated carbocycles. The number of benzene rings is 2. The molecule has 2 aromatic rings. The molecule has 0 spiro atoms. The fraction of sp³-hybridized carbons (Fsp3) is 0.364. The molecule has 142 valence electrons. The van der Waals surface area contributed by atoms with Crippen LogP contribution < -0.4 is 10.6 Å². The van der Waals surface area contributed by atoms with Crippen molar-refractivity contribution in [1.29, 1.82) is 0 Å². The molecule has 1 aliphatic carbocycles. The van der Waals surface area contributed by atoms with Gasteiger partial charge in [0.15, 0.2) is 0 Å². The lowest BCUT2D eigenvalue weighted by atomic mass is 9.86. The van der Waals surface area contributed by atoms with Crippen LogP contribution in [0, 0.1) is 5.92 Å². The number of carbonyl (C=O) groups excluding carboxylic acids is 2. The Balaban J connectivity index is 1.49. The molecule has 0 unspecified atom stereocenters. The van der Waals surface area contributed by atoms with Crippen LogP contribution in [-0.2, 0) is 4.79 Å². The Kier molecular flexibility index (Phi) is 6.47. The molecule has 0 saturated heterocycles. The molecule has 0 radical (unpaired) electrons. The summed E-state index contributed by atoms with van der Waals surface area (Å²) in [6.07, 6.45) is 7.90. The SMILES string of the molecule is O=C(CCC1CCCCC1)Nc1ccc(C(=O)Nc2cccc(O)c2)cc1. The van der Waals surface area contributed by atoms with Crippen LogP contribution in [-0.4, -0.2) is 16.9 Å². The number of anilines is 2. The van der Waals surface area contributed by atoms with Crippen molar-refractivity contribution in [1.82, 2.24) is 0 Å². The molecule has 0 aromatic heterocycles. The van der Waals surface area contributed by atoms with E-state index in [-0.39, 0.29) is 17.6 Å². The summed E-state index contributed by atoms with van der Waals surface area (Å²) in [7, 11) is 0. The number of hydrogen-bond donors (Lipinski definition) is 3. The monoisotopic (exact) mass is 366 g/mol. The number of aromatic hydroxyl groups is 1. The molecule has 2 aromatic carbocycles. The molecule has 2 amide bonds. The normalized spacial score (nSPS) is 14.5. The minimum atomic E-state index is -0.268. The first kappa shape index (κ1) is 19.0. The zero-order valence-corrected chi connectivity index (χ0v) is 15.4. The van der Waals surface area contributed by atoms with Gasteiger partial charge in [-0.3, -0.25) is 9.59 Å². The zero-order valence-electron chi connectivity index (χ0n) is 15.4. The van der Waals surface area contributed by atoms with Gasteiger partial charge in [-0.2, -0.15) is 0 Å². The van der Waals surface area contributed by atoms with Gasteiger partial charge in [-0.1, -0.05) is 38.2 Å². The van der Waals surface area contributed by atoms with E-state index in [2.05, 4.69) is 10.6 Å². The highest BCUT2D eigenvalue weighted by Gasteiger charge is 2.15. The van der Waals surface area contributed by atoms with Crippen molar-refractivity contribution in [3.05, 3.63) is 54.1 Å². The molecule has 5 heteroatoms. The molecule has 5 nitrogen and oxygen atoms in total. The second-order valence-electron chi connectivity index (χ2n) is 7.17. The lowest BCUT2D eigenvalue weighted by Gasteiger charge is -2.21. The molecule has 0 heterocycles. The summed E-state index contributed by atoms with van der Waals surface area (Å²) >= 11 is 0. The van der Waals surface area contributed by atoms with Crippen molar-refractivity contribution >= 4 is 23.2 Å². The summed E-state index contributed by atoms with van der Waals surface area (Å²) < 4.78 is 0. The minimum absolute atomic E-state index is 0.0255. The van der Waals surface area contributed by atoms with Gasteiger partial charge in [0.2, 0.25) is 5.91 Å². The van der Waals surface area contributed by atoms with Crippen molar-refractivity contribution in [3.8, 4) is 5.75 Å². The highest BCUT2D eigenvalue weighted by molar-refractivity contribution is 6.04. The second-order valence-corrected chi connectivity index (χ2v) is 7.17. The van der Waals surface area contributed by atoms with E-state index in [1.807, 2.05) is 0 Å². The second kappa shape index (κ2) is 9.21. The van der Waals surface area contributed by atoms with E-state index >= 15 is 0 Å². The van der Waals surface area contributed by atoms with E-state index in [0.29, 0.717) is 29.3 Å². The molecule has 0 atom stereocenters. The van der Waals surface area contributed by atoms with Gasteiger partial charge in [-0.25, -0.2) is 0 Å². The largest absolute Gasteiger partial charge is 0.508 e. The summed E-state index contributed by atoms with van der Waals surface area (Å²) in [6, 6.07) is 13.2. The minimum Gasteiger partial charge on any atom is -0.508 e. The highest BCUT2D eigenvalue weighted by atomic mass is 16.3. The molecule has 3 N–H and O–H groups in total. The third kappa shape index (κ3) is 5.84. The number of phenols is 1. The Labute approximate surface area is 159 Å². The van der Waals surface area contributed by atoms with Gasteiger partial charge in [-0.05, 0) is 48.7 Å². The molecular weight excluding hydrogens is 340 g/mol. The molecule has 27 heavy (non-hydrogen) atoms. The Morgan fingerprint density at radius 3 is 2.37 bits per heavy atom. The van der Waals surface area contributed by atoms with Gasteiger partial charge in [0.1, 0.15) is 5.75 Å². The maximum atomic E-state index is 12.3. The van der Waals surface area contributed by atoms with E-state index in [9.17, 15) is 14.7 Å². The summed E-state index contributed by atoms with van der Waals surface area (Å²) in [5.41, 5.74) is 1.70. The molecular formula is C22H26N2O3. The Bertz CT molecular complexity index is 780. The van der Waals surface area contributed by atoms with Gasteiger partial charge >= 0.3 is 0 Å². The predicted octanol–water partition coefficient (Wildman–Crippen LogP) is 4.94. The van der Waals surface area contributed by atoms with E-state index in [0.717, 1.165) is 6.42 Å². The number of amides is 2. The summed E-state index contributed by atoms with van der Waals surface area (Å²) in [5.74, 6) is 0.542. The van der Waals surface area contributed by atoms with Crippen LogP contribution in [0.4, 0.5) is 11.4 Å². The summed E-state index contributed by atoms with van der Waals surface area (Å²) in [6.45, 7) is 0. The number of rotatable bonds is 6. The predicted molar refractivity (Wildman–Crippen MR) is 107 cm³/mol.